The summed E-state index contributed by atoms with van der Waals surface area (Å²) in [5.74, 6) is 0.196. The van der Waals surface area contributed by atoms with Crippen LogP contribution in [0.5, 0.6) is 0 Å². The van der Waals surface area contributed by atoms with Crippen LogP contribution in [-0.2, 0) is 4.79 Å². The van der Waals surface area contributed by atoms with Crippen molar-refractivity contribution in [2.24, 2.45) is 5.92 Å². The molecule has 1 atom stereocenters. The van der Waals surface area contributed by atoms with Gasteiger partial charge in [-0.05, 0) is 18.1 Å². The van der Waals surface area contributed by atoms with Crippen LogP contribution in [0.2, 0.25) is 0 Å². The zero-order chi connectivity index (χ0) is 13.1. The zero-order valence-electron chi connectivity index (χ0n) is 10.7. The fourth-order valence-electron chi connectivity index (χ4n) is 1.76. The summed E-state index contributed by atoms with van der Waals surface area (Å²) < 4.78 is 1.12. The molecular weight excluding hydrogens is 246 g/mol. The van der Waals surface area contributed by atoms with Crippen LogP contribution in [0.25, 0.3) is 10.2 Å². The molecule has 4 nitrogen and oxygen atoms in total. The molecule has 1 unspecified atom stereocenters. The summed E-state index contributed by atoms with van der Waals surface area (Å²) in [6.07, 6.45) is 0. The summed E-state index contributed by atoms with van der Waals surface area (Å²) in [4.78, 5) is 16.3. The Morgan fingerprint density at radius 1 is 1.33 bits per heavy atom. The van der Waals surface area contributed by atoms with Gasteiger partial charge < -0.3 is 10.6 Å². The summed E-state index contributed by atoms with van der Waals surface area (Å²) >= 11 is 1.57. The van der Waals surface area contributed by atoms with Gasteiger partial charge in [-0.15, -0.1) is 0 Å². The molecular formula is C13H17N3OS. The van der Waals surface area contributed by atoms with Crippen molar-refractivity contribution < 1.29 is 4.79 Å². The highest BCUT2D eigenvalue weighted by Crippen LogP contribution is 2.26. The van der Waals surface area contributed by atoms with Crippen LogP contribution >= 0.6 is 11.3 Å². The topological polar surface area (TPSA) is 54.0 Å². The molecule has 1 aromatic carbocycles. The van der Waals surface area contributed by atoms with Gasteiger partial charge in [0.15, 0.2) is 5.13 Å². The summed E-state index contributed by atoms with van der Waals surface area (Å²) in [6.45, 7) is 4.03. The highest BCUT2D eigenvalue weighted by Gasteiger charge is 2.21. The number of hydrogen-bond donors (Lipinski definition) is 2. The molecule has 0 spiro atoms. The Kier molecular flexibility index (Phi) is 3.81. The molecule has 1 heterocycles. The van der Waals surface area contributed by atoms with Gasteiger partial charge >= 0.3 is 0 Å². The molecule has 0 saturated heterocycles. The number of amides is 1. The van der Waals surface area contributed by atoms with E-state index in [2.05, 4.69) is 15.6 Å². The number of anilines is 1. The highest BCUT2D eigenvalue weighted by atomic mass is 32.1. The van der Waals surface area contributed by atoms with Crippen LogP contribution in [0.4, 0.5) is 5.13 Å². The number of thiazole rings is 1. The molecule has 0 bridgehead atoms. The third-order valence-corrected chi connectivity index (χ3v) is 3.74. The fourth-order valence-corrected chi connectivity index (χ4v) is 2.66. The first-order valence-corrected chi connectivity index (χ1v) is 6.77. The second kappa shape index (κ2) is 5.35. The van der Waals surface area contributed by atoms with Crippen molar-refractivity contribution in [2.75, 3.05) is 12.4 Å². The van der Waals surface area contributed by atoms with Crippen molar-refractivity contribution in [3.63, 3.8) is 0 Å². The molecule has 2 N–H and O–H groups in total. The van der Waals surface area contributed by atoms with Crippen molar-refractivity contribution in [3.05, 3.63) is 24.3 Å². The molecule has 0 aliphatic carbocycles. The minimum Gasteiger partial charge on any atom is -0.357 e. The highest BCUT2D eigenvalue weighted by molar-refractivity contribution is 7.22. The van der Waals surface area contributed by atoms with E-state index in [0.29, 0.717) is 0 Å². The number of carbonyl (C=O) groups excluding carboxylic acids is 1. The predicted octanol–water partition coefficient (Wildman–Crippen LogP) is 2.48. The van der Waals surface area contributed by atoms with E-state index in [-0.39, 0.29) is 17.9 Å². The molecule has 0 radical (unpaired) electrons. The predicted molar refractivity (Wildman–Crippen MR) is 75.9 cm³/mol. The Balaban J connectivity index is 2.23. The van der Waals surface area contributed by atoms with E-state index in [9.17, 15) is 4.79 Å². The number of fused-ring (bicyclic) bond motifs is 1. The van der Waals surface area contributed by atoms with Crippen LogP contribution in [0.1, 0.15) is 13.8 Å². The van der Waals surface area contributed by atoms with E-state index in [1.165, 1.54) is 0 Å². The van der Waals surface area contributed by atoms with Gasteiger partial charge in [-0.2, -0.15) is 0 Å². The molecule has 96 valence electrons. The summed E-state index contributed by atoms with van der Waals surface area (Å²) in [5.41, 5.74) is 0.962. The van der Waals surface area contributed by atoms with Crippen molar-refractivity contribution in [1.29, 1.82) is 0 Å². The van der Waals surface area contributed by atoms with Gasteiger partial charge in [0.2, 0.25) is 5.91 Å². The number of aromatic nitrogens is 1. The number of benzene rings is 1. The average Bonchev–Trinajstić information content (AvgIpc) is 2.77. The van der Waals surface area contributed by atoms with Gasteiger partial charge in [0.1, 0.15) is 6.04 Å². The first-order chi connectivity index (χ1) is 8.61. The largest absolute Gasteiger partial charge is 0.357 e. The Morgan fingerprint density at radius 2 is 2.06 bits per heavy atom. The lowest BCUT2D eigenvalue weighted by Gasteiger charge is -2.19. The minimum atomic E-state index is -0.254. The maximum atomic E-state index is 11.8. The van der Waals surface area contributed by atoms with E-state index >= 15 is 0 Å². The molecule has 2 aromatic rings. The lowest BCUT2D eigenvalue weighted by molar-refractivity contribution is -0.122. The Bertz CT molecular complexity index is 517. The first kappa shape index (κ1) is 12.8. The average molecular weight is 263 g/mol. The number of para-hydroxylation sites is 1. The van der Waals surface area contributed by atoms with Crippen LogP contribution in [0.3, 0.4) is 0 Å². The van der Waals surface area contributed by atoms with Crippen molar-refractivity contribution in [1.82, 2.24) is 10.3 Å². The number of hydrogen-bond acceptors (Lipinski definition) is 4. The van der Waals surface area contributed by atoms with E-state index in [4.69, 9.17) is 0 Å². The fraction of sp³-hybridized carbons (Fsp3) is 0.385. The van der Waals surface area contributed by atoms with Gasteiger partial charge in [0, 0.05) is 7.05 Å². The SMILES string of the molecule is CNC(=O)C(Nc1nc2ccccc2s1)C(C)C. The Morgan fingerprint density at radius 3 is 2.67 bits per heavy atom. The van der Waals surface area contributed by atoms with E-state index in [0.717, 1.165) is 15.3 Å². The maximum Gasteiger partial charge on any atom is 0.242 e. The third kappa shape index (κ3) is 2.61. The van der Waals surface area contributed by atoms with E-state index in [1.807, 2.05) is 38.1 Å². The Labute approximate surface area is 110 Å². The van der Waals surface area contributed by atoms with Crippen LogP contribution < -0.4 is 10.6 Å². The molecule has 0 aliphatic rings. The Hall–Kier alpha value is -1.62. The third-order valence-electron chi connectivity index (χ3n) is 2.77. The molecule has 0 fully saturated rings. The molecule has 18 heavy (non-hydrogen) atoms. The van der Waals surface area contributed by atoms with Crippen molar-refractivity contribution in [2.45, 2.75) is 19.9 Å². The summed E-state index contributed by atoms with van der Waals surface area (Å²) in [5, 5.41) is 6.68. The quantitative estimate of drug-likeness (QED) is 0.891. The van der Waals surface area contributed by atoms with E-state index in [1.54, 1.807) is 18.4 Å². The van der Waals surface area contributed by atoms with Gasteiger partial charge in [-0.3, -0.25) is 4.79 Å². The lowest BCUT2D eigenvalue weighted by atomic mass is 10.0. The van der Waals surface area contributed by atoms with Gasteiger partial charge in [-0.25, -0.2) is 4.98 Å². The number of rotatable bonds is 4. The second-order valence-electron chi connectivity index (χ2n) is 4.47. The maximum absolute atomic E-state index is 11.8. The van der Waals surface area contributed by atoms with Crippen LogP contribution in [0.15, 0.2) is 24.3 Å². The lowest BCUT2D eigenvalue weighted by Crippen LogP contribution is -2.41. The monoisotopic (exact) mass is 263 g/mol. The van der Waals surface area contributed by atoms with Gasteiger partial charge in [0.25, 0.3) is 0 Å². The number of likely N-dealkylation sites (N-methyl/N-ethyl adjacent to an activating group) is 1. The normalized spacial score (nSPS) is 12.7. The molecule has 1 amide bonds. The van der Waals surface area contributed by atoms with Crippen molar-refractivity contribution in [3.8, 4) is 0 Å². The second-order valence-corrected chi connectivity index (χ2v) is 5.50. The zero-order valence-corrected chi connectivity index (χ0v) is 11.5. The molecule has 0 saturated carbocycles. The summed E-state index contributed by atoms with van der Waals surface area (Å²) in [6, 6.07) is 7.70. The first-order valence-electron chi connectivity index (χ1n) is 5.95. The standard InChI is InChI=1S/C13H17N3OS/c1-8(2)11(12(17)14-3)16-13-15-9-6-4-5-7-10(9)18-13/h4-8,11H,1-3H3,(H,14,17)(H,15,16). The van der Waals surface area contributed by atoms with Crippen LogP contribution in [0, 0.1) is 5.92 Å². The van der Waals surface area contributed by atoms with Gasteiger partial charge in [0.05, 0.1) is 10.2 Å². The molecule has 0 aliphatic heterocycles. The molecule has 2 rings (SSSR count). The van der Waals surface area contributed by atoms with Crippen molar-refractivity contribution >= 4 is 32.6 Å². The summed E-state index contributed by atoms with van der Waals surface area (Å²) in [7, 11) is 1.65. The van der Waals surface area contributed by atoms with E-state index < -0.39 is 0 Å². The number of nitrogens with zero attached hydrogens (tertiary/aromatic N) is 1. The molecule has 5 heteroatoms. The van der Waals surface area contributed by atoms with Gasteiger partial charge in [-0.1, -0.05) is 37.3 Å². The number of carbonyl (C=O) groups is 1. The number of nitrogens with one attached hydrogen (secondary N) is 2. The van der Waals surface area contributed by atoms with Crippen LogP contribution in [-0.4, -0.2) is 24.0 Å². The molecule has 1 aromatic heterocycles. The smallest absolute Gasteiger partial charge is 0.242 e. The minimum absolute atomic E-state index is 0.00995.